The maximum absolute atomic E-state index is 11.0. The third kappa shape index (κ3) is 4.44. The maximum Gasteiger partial charge on any atom is 0.333 e. The van der Waals surface area contributed by atoms with Gasteiger partial charge in [-0.25, -0.2) is 4.79 Å². The number of carbonyl (C=O) groups is 1. The van der Waals surface area contributed by atoms with E-state index >= 15 is 0 Å². The van der Waals surface area contributed by atoms with Crippen molar-refractivity contribution in [3.8, 4) is 5.75 Å². The van der Waals surface area contributed by atoms with Crippen molar-refractivity contribution in [3.63, 3.8) is 0 Å². The Morgan fingerprint density at radius 2 is 1.88 bits per heavy atom. The Morgan fingerprint density at radius 3 is 2.29 bits per heavy atom. The number of ether oxygens (including phenoxy) is 2. The number of hydrogen-bond donors (Lipinski definition) is 1. The molecule has 0 unspecified atom stereocenters. The second-order valence-electron chi connectivity index (χ2n) is 4.06. The molecule has 0 saturated heterocycles. The fourth-order valence-electron chi connectivity index (χ4n) is 1.50. The fraction of sp³-hybridized carbons (Fsp3) is 0.462. The second-order valence-corrected chi connectivity index (χ2v) is 4.06. The zero-order valence-electron chi connectivity index (χ0n) is 10.3. The van der Waals surface area contributed by atoms with Crippen LogP contribution >= 0.6 is 0 Å². The third-order valence-electron chi connectivity index (χ3n) is 2.29. The summed E-state index contributed by atoms with van der Waals surface area (Å²) >= 11 is 0. The second kappa shape index (κ2) is 6.25. The molecule has 0 heterocycles. The molecule has 0 aliphatic heterocycles. The van der Waals surface area contributed by atoms with Crippen LogP contribution in [0.4, 0.5) is 0 Å². The molecule has 4 nitrogen and oxygen atoms in total. The molecule has 0 aliphatic carbocycles. The van der Waals surface area contributed by atoms with Gasteiger partial charge in [0.25, 0.3) is 0 Å². The van der Waals surface area contributed by atoms with Crippen LogP contribution in [0.15, 0.2) is 24.3 Å². The molecule has 0 radical (unpaired) electrons. The zero-order valence-corrected chi connectivity index (χ0v) is 10.3. The van der Waals surface area contributed by atoms with Gasteiger partial charge in [-0.2, -0.15) is 0 Å². The third-order valence-corrected chi connectivity index (χ3v) is 2.29. The maximum atomic E-state index is 11.0. The number of rotatable bonds is 6. The van der Waals surface area contributed by atoms with Crippen molar-refractivity contribution in [1.82, 2.24) is 0 Å². The molecule has 94 valence electrons. The molecule has 1 N–H and O–H groups in total. The molecule has 0 amide bonds. The van der Waals surface area contributed by atoms with Crippen molar-refractivity contribution in [3.05, 3.63) is 29.8 Å². The summed E-state index contributed by atoms with van der Waals surface area (Å²) < 4.78 is 10.4. The summed E-state index contributed by atoms with van der Waals surface area (Å²) in [4.78, 5) is 11.0. The van der Waals surface area contributed by atoms with Gasteiger partial charge < -0.3 is 14.6 Å². The smallest absolute Gasteiger partial charge is 0.333 e. The summed E-state index contributed by atoms with van der Waals surface area (Å²) in [5.41, 5.74) is 0.916. The van der Waals surface area contributed by atoms with E-state index in [0.717, 1.165) is 11.3 Å². The number of benzene rings is 1. The van der Waals surface area contributed by atoms with Crippen molar-refractivity contribution in [2.24, 2.45) is 0 Å². The molecule has 17 heavy (non-hydrogen) atoms. The van der Waals surface area contributed by atoms with Crippen molar-refractivity contribution >= 4 is 5.97 Å². The van der Waals surface area contributed by atoms with Crippen molar-refractivity contribution < 1.29 is 19.4 Å². The van der Waals surface area contributed by atoms with Crippen LogP contribution in [0.25, 0.3) is 0 Å². The average molecular weight is 238 g/mol. The van der Waals surface area contributed by atoms with E-state index in [9.17, 15) is 4.79 Å². The van der Waals surface area contributed by atoms with Gasteiger partial charge in [-0.05, 0) is 31.5 Å². The molecule has 1 rings (SSSR count). The Labute approximate surface area is 101 Å². The van der Waals surface area contributed by atoms with E-state index in [1.54, 1.807) is 7.11 Å². The van der Waals surface area contributed by atoms with Gasteiger partial charge in [-0.1, -0.05) is 12.1 Å². The number of methoxy groups -OCH3 is 1. The molecule has 4 heteroatoms. The van der Waals surface area contributed by atoms with Crippen molar-refractivity contribution in [2.75, 3.05) is 7.11 Å². The van der Waals surface area contributed by atoms with Gasteiger partial charge in [-0.3, -0.25) is 0 Å². The fourth-order valence-corrected chi connectivity index (χ4v) is 1.50. The minimum Gasteiger partial charge on any atom is -0.497 e. The molecule has 0 aromatic heterocycles. The van der Waals surface area contributed by atoms with Crippen LogP contribution < -0.4 is 4.74 Å². The minimum atomic E-state index is -0.936. The van der Waals surface area contributed by atoms with Gasteiger partial charge in [0.1, 0.15) is 5.75 Å². The normalized spacial score (nSPS) is 12.5. The molecule has 0 saturated carbocycles. The van der Waals surface area contributed by atoms with E-state index < -0.39 is 12.1 Å². The van der Waals surface area contributed by atoms with Crippen LogP contribution in [0.5, 0.6) is 5.75 Å². The Bertz CT molecular complexity index is 356. The standard InChI is InChI=1S/C13H18O4/c1-9(2)17-12(13(14)15)8-10-4-6-11(16-3)7-5-10/h4-7,9,12H,8H2,1-3H3,(H,14,15)/t12-/m0/s1. The Balaban J connectivity index is 2.68. The van der Waals surface area contributed by atoms with Gasteiger partial charge in [-0.15, -0.1) is 0 Å². The molecule has 1 aromatic rings. The van der Waals surface area contributed by atoms with Gasteiger partial charge in [0.15, 0.2) is 6.10 Å². The first-order valence-corrected chi connectivity index (χ1v) is 5.54. The van der Waals surface area contributed by atoms with Gasteiger partial charge in [0.05, 0.1) is 13.2 Å². The summed E-state index contributed by atoms with van der Waals surface area (Å²) in [6.45, 7) is 3.65. The van der Waals surface area contributed by atoms with Gasteiger partial charge in [0, 0.05) is 6.42 Å². The Morgan fingerprint density at radius 1 is 1.29 bits per heavy atom. The van der Waals surface area contributed by atoms with E-state index in [-0.39, 0.29) is 6.10 Å². The van der Waals surface area contributed by atoms with E-state index in [4.69, 9.17) is 14.6 Å². The molecular formula is C13H18O4. The molecule has 0 spiro atoms. The number of carboxylic acid groups (broad SMARTS) is 1. The average Bonchev–Trinajstić information content (AvgIpc) is 2.28. The molecule has 0 aliphatic rings. The van der Waals surface area contributed by atoms with Crippen LogP contribution in [0, 0.1) is 0 Å². The predicted molar refractivity (Wildman–Crippen MR) is 64.3 cm³/mol. The van der Waals surface area contributed by atoms with E-state index in [0.29, 0.717) is 6.42 Å². The summed E-state index contributed by atoms with van der Waals surface area (Å²) in [7, 11) is 1.59. The monoisotopic (exact) mass is 238 g/mol. The minimum absolute atomic E-state index is 0.102. The van der Waals surface area contributed by atoms with E-state index in [1.165, 1.54) is 0 Å². The first-order valence-electron chi connectivity index (χ1n) is 5.54. The quantitative estimate of drug-likeness (QED) is 0.824. The van der Waals surface area contributed by atoms with Gasteiger partial charge >= 0.3 is 5.97 Å². The number of carboxylic acids is 1. The van der Waals surface area contributed by atoms with Gasteiger partial charge in [0.2, 0.25) is 0 Å². The highest BCUT2D eigenvalue weighted by atomic mass is 16.5. The highest BCUT2D eigenvalue weighted by Gasteiger charge is 2.19. The lowest BCUT2D eigenvalue weighted by Gasteiger charge is -2.16. The van der Waals surface area contributed by atoms with Crippen molar-refractivity contribution in [2.45, 2.75) is 32.5 Å². The highest BCUT2D eigenvalue weighted by molar-refractivity contribution is 5.72. The summed E-state index contributed by atoms with van der Waals surface area (Å²) in [5.74, 6) is -0.181. The van der Waals surface area contributed by atoms with Crippen molar-refractivity contribution in [1.29, 1.82) is 0 Å². The molecular weight excluding hydrogens is 220 g/mol. The number of aliphatic carboxylic acids is 1. The van der Waals surface area contributed by atoms with E-state index in [2.05, 4.69) is 0 Å². The van der Waals surface area contributed by atoms with Crippen LogP contribution in [-0.2, 0) is 16.0 Å². The molecule has 0 fully saturated rings. The lowest BCUT2D eigenvalue weighted by atomic mass is 10.1. The highest BCUT2D eigenvalue weighted by Crippen LogP contribution is 2.14. The molecule has 1 aromatic carbocycles. The lowest BCUT2D eigenvalue weighted by Crippen LogP contribution is -2.29. The Kier molecular flexibility index (Phi) is 4.97. The van der Waals surface area contributed by atoms with Crippen LogP contribution in [0.1, 0.15) is 19.4 Å². The van der Waals surface area contributed by atoms with Crippen LogP contribution in [0.3, 0.4) is 0 Å². The topological polar surface area (TPSA) is 55.8 Å². The zero-order chi connectivity index (χ0) is 12.8. The summed E-state index contributed by atoms with van der Waals surface area (Å²) in [5, 5.41) is 9.03. The largest absolute Gasteiger partial charge is 0.497 e. The summed E-state index contributed by atoms with van der Waals surface area (Å²) in [6, 6.07) is 7.31. The number of hydrogen-bond acceptors (Lipinski definition) is 3. The first-order chi connectivity index (χ1) is 8.02. The van der Waals surface area contributed by atoms with Crippen LogP contribution in [0.2, 0.25) is 0 Å². The van der Waals surface area contributed by atoms with E-state index in [1.807, 2.05) is 38.1 Å². The Hall–Kier alpha value is -1.55. The SMILES string of the molecule is COc1ccc(C[C@H](OC(C)C)C(=O)O)cc1. The molecule has 1 atom stereocenters. The first kappa shape index (κ1) is 13.5. The molecule has 0 bridgehead atoms. The lowest BCUT2D eigenvalue weighted by molar-refractivity contribution is -0.153. The summed E-state index contributed by atoms with van der Waals surface area (Å²) in [6.07, 6.45) is -0.546. The van der Waals surface area contributed by atoms with Crippen LogP contribution in [-0.4, -0.2) is 30.4 Å². The predicted octanol–water partition coefficient (Wildman–Crippen LogP) is 2.12.